The lowest BCUT2D eigenvalue weighted by Crippen LogP contribution is -2.37. The first-order valence-corrected chi connectivity index (χ1v) is 8.30. The predicted octanol–water partition coefficient (Wildman–Crippen LogP) is 3.30. The summed E-state index contributed by atoms with van der Waals surface area (Å²) in [6, 6.07) is 14.8. The molecule has 2 amide bonds. The lowest BCUT2D eigenvalue weighted by molar-refractivity contribution is 0.243. The first-order chi connectivity index (χ1) is 12.4. The Morgan fingerprint density at radius 1 is 1.23 bits per heavy atom. The van der Waals surface area contributed by atoms with Crippen LogP contribution in [0.3, 0.4) is 0 Å². The van der Waals surface area contributed by atoms with E-state index in [1.807, 2.05) is 56.3 Å². The van der Waals surface area contributed by atoms with E-state index in [9.17, 15) is 4.79 Å². The van der Waals surface area contributed by atoms with E-state index in [4.69, 9.17) is 10.00 Å². The highest BCUT2D eigenvalue weighted by Crippen LogP contribution is 2.21. The monoisotopic (exact) mass is 352 g/mol. The van der Waals surface area contributed by atoms with Gasteiger partial charge in [-0.15, -0.1) is 0 Å². The number of ether oxygens (including phenoxy) is 1. The van der Waals surface area contributed by atoms with Crippen molar-refractivity contribution in [2.75, 3.05) is 33.1 Å². The lowest BCUT2D eigenvalue weighted by Gasteiger charge is -2.25. The summed E-state index contributed by atoms with van der Waals surface area (Å²) < 4.78 is 5.19. The zero-order chi connectivity index (χ0) is 19.1. The number of aryl methyl sites for hydroxylation is 1. The van der Waals surface area contributed by atoms with Crippen molar-refractivity contribution in [1.82, 2.24) is 10.2 Å². The Kier molecular flexibility index (Phi) is 6.59. The highest BCUT2D eigenvalue weighted by atomic mass is 16.5. The fourth-order valence-electron chi connectivity index (χ4n) is 2.61. The number of carbonyl (C=O) groups excluding carboxylic acids is 1. The van der Waals surface area contributed by atoms with Crippen LogP contribution in [0.1, 0.15) is 22.7 Å². The van der Waals surface area contributed by atoms with E-state index in [1.165, 1.54) is 0 Å². The molecule has 2 rings (SSSR count). The van der Waals surface area contributed by atoms with Gasteiger partial charge in [0.1, 0.15) is 5.75 Å². The SMILES string of the molecule is COc1ccc(C(CNC(=O)Nc2cc(C#N)ccc2C)N(C)C)cc1. The van der Waals surface area contributed by atoms with Crippen LogP contribution in [0.4, 0.5) is 10.5 Å². The Labute approximate surface area is 154 Å². The number of nitrogens with zero attached hydrogens (tertiary/aromatic N) is 2. The van der Waals surface area contributed by atoms with Crippen LogP contribution in [-0.4, -0.2) is 38.7 Å². The maximum absolute atomic E-state index is 12.3. The average Bonchev–Trinajstić information content (AvgIpc) is 2.64. The highest BCUT2D eigenvalue weighted by molar-refractivity contribution is 5.90. The molecular weight excluding hydrogens is 328 g/mol. The van der Waals surface area contributed by atoms with Gasteiger partial charge < -0.3 is 20.3 Å². The van der Waals surface area contributed by atoms with Crippen LogP contribution < -0.4 is 15.4 Å². The first kappa shape index (κ1) is 19.3. The van der Waals surface area contributed by atoms with Gasteiger partial charge in [0.25, 0.3) is 0 Å². The van der Waals surface area contributed by atoms with Crippen molar-refractivity contribution >= 4 is 11.7 Å². The number of hydrogen-bond donors (Lipinski definition) is 2. The summed E-state index contributed by atoms with van der Waals surface area (Å²) >= 11 is 0. The zero-order valence-electron chi connectivity index (χ0n) is 15.5. The minimum Gasteiger partial charge on any atom is -0.497 e. The minimum absolute atomic E-state index is 0.0261. The second-order valence-electron chi connectivity index (χ2n) is 6.23. The standard InChI is InChI=1S/C20H24N4O2/c1-14-5-6-15(12-21)11-18(14)23-20(25)22-13-19(24(2)3)16-7-9-17(26-4)10-8-16/h5-11,19H,13H2,1-4H3,(H2,22,23,25). The van der Waals surface area contributed by atoms with Crippen LogP contribution >= 0.6 is 0 Å². The summed E-state index contributed by atoms with van der Waals surface area (Å²) in [5, 5.41) is 14.7. The summed E-state index contributed by atoms with van der Waals surface area (Å²) in [6.45, 7) is 2.33. The smallest absolute Gasteiger partial charge is 0.319 e. The summed E-state index contributed by atoms with van der Waals surface area (Å²) in [4.78, 5) is 14.3. The molecule has 2 N–H and O–H groups in total. The second kappa shape index (κ2) is 8.88. The Morgan fingerprint density at radius 3 is 2.50 bits per heavy atom. The van der Waals surface area contributed by atoms with Gasteiger partial charge >= 0.3 is 6.03 Å². The molecule has 0 aliphatic rings. The van der Waals surface area contributed by atoms with Crippen molar-refractivity contribution in [1.29, 1.82) is 5.26 Å². The van der Waals surface area contributed by atoms with Crippen molar-refractivity contribution in [3.8, 4) is 11.8 Å². The number of nitriles is 1. The lowest BCUT2D eigenvalue weighted by atomic mass is 10.1. The van der Waals surface area contributed by atoms with Gasteiger partial charge in [-0.2, -0.15) is 5.26 Å². The minimum atomic E-state index is -0.302. The quantitative estimate of drug-likeness (QED) is 0.836. The summed E-state index contributed by atoms with van der Waals surface area (Å²) in [5.41, 5.74) is 3.12. The van der Waals surface area contributed by atoms with E-state index in [-0.39, 0.29) is 12.1 Å². The van der Waals surface area contributed by atoms with Gasteiger partial charge in [0, 0.05) is 12.2 Å². The van der Waals surface area contributed by atoms with Gasteiger partial charge in [0.15, 0.2) is 0 Å². The maximum atomic E-state index is 12.3. The van der Waals surface area contributed by atoms with E-state index in [1.54, 1.807) is 19.2 Å². The van der Waals surface area contributed by atoms with Crippen molar-refractivity contribution in [3.63, 3.8) is 0 Å². The molecule has 0 bridgehead atoms. The number of carbonyl (C=O) groups is 1. The van der Waals surface area contributed by atoms with E-state index >= 15 is 0 Å². The molecule has 0 radical (unpaired) electrons. The van der Waals surface area contributed by atoms with E-state index in [2.05, 4.69) is 16.7 Å². The summed E-state index contributed by atoms with van der Waals surface area (Å²) in [7, 11) is 5.57. The number of nitrogens with one attached hydrogen (secondary N) is 2. The molecule has 0 spiro atoms. The number of rotatable bonds is 6. The molecule has 0 fully saturated rings. The molecule has 0 saturated heterocycles. The number of amides is 2. The topological polar surface area (TPSA) is 77.4 Å². The summed E-state index contributed by atoms with van der Waals surface area (Å²) in [6.07, 6.45) is 0. The number of likely N-dealkylation sites (N-methyl/N-ethyl adjacent to an activating group) is 1. The molecule has 0 saturated carbocycles. The van der Waals surface area contributed by atoms with E-state index < -0.39 is 0 Å². The normalized spacial score (nSPS) is 11.5. The van der Waals surface area contributed by atoms with Crippen LogP contribution in [0.5, 0.6) is 5.75 Å². The van der Waals surface area contributed by atoms with Crippen LogP contribution in [0.2, 0.25) is 0 Å². The highest BCUT2D eigenvalue weighted by Gasteiger charge is 2.16. The molecule has 0 aliphatic heterocycles. The van der Waals surface area contributed by atoms with Crippen molar-refractivity contribution in [2.45, 2.75) is 13.0 Å². The number of benzene rings is 2. The fourth-order valence-corrected chi connectivity index (χ4v) is 2.61. The second-order valence-corrected chi connectivity index (χ2v) is 6.23. The fraction of sp³-hybridized carbons (Fsp3) is 0.300. The molecule has 1 atom stereocenters. The molecule has 0 aromatic heterocycles. The van der Waals surface area contributed by atoms with Crippen molar-refractivity contribution in [3.05, 3.63) is 59.2 Å². The molecule has 26 heavy (non-hydrogen) atoms. The molecule has 1 unspecified atom stereocenters. The Balaban J connectivity index is 2.02. The Bertz CT molecular complexity index is 794. The van der Waals surface area contributed by atoms with Gasteiger partial charge in [0.05, 0.1) is 24.8 Å². The molecule has 6 nitrogen and oxygen atoms in total. The van der Waals surface area contributed by atoms with Gasteiger partial charge in [-0.1, -0.05) is 18.2 Å². The molecule has 136 valence electrons. The van der Waals surface area contributed by atoms with Crippen LogP contribution in [-0.2, 0) is 0 Å². The van der Waals surface area contributed by atoms with Crippen LogP contribution in [0, 0.1) is 18.3 Å². The third-order valence-electron chi connectivity index (χ3n) is 4.19. The Hall–Kier alpha value is -3.04. The van der Waals surface area contributed by atoms with Gasteiger partial charge in [0.2, 0.25) is 0 Å². The van der Waals surface area contributed by atoms with Crippen molar-refractivity contribution in [2.24, 2.45) is 0 Å². The summed E-state index contributed by atoms with van der Waals surface area (Å²) in [5.74, 6) is 0.796. The largest absolute Gasteiger partial charge is 0.497 e. The van der Waals surface area contributed by atoms with Gasteiger partial charge in [-0.25, -0.2) is 4.79 Å². The molecular formula is C20H24N4O2. The predicted molar refractivity (Wildman–Crippen MR) is 102 cm³/mol. The van der Waals surface area contributed by atoms with Crippen LogP contribution in [0.15, 0.2) is 42.5 Å². The third kappa shape index (κ3) is 4.98. The molecule has 0 aliphatic carbocycles. The number of urea groups is 1. The van der Waals surface area contributed by atoms with Gasteiger partial charge in [-0.3, -0.25) is 0 Å². The number of hydrogen-bond acceptors (Lipinski definition) is 4. The Morgan fingerprint density at radius 2 is 1.92 bits per heavy atom. The zero-order valence-corrected chi connectivity index (χ0v) is 15.5. The molecule has 6 heteroatoms. The first-order valence-electron chi connectivity index (χ1n) is 8.30. The number of anilines is 1. The van der Waals surface area contributed by atoms with E-state index in [0.717, 1.165) is 16.9 Å². The molecule has 2 aromatic carbocycles. The average molecular weight is 352 g/mol. The van der Waals surface area contributed by atoms with Crippen LogP contribution in [0.25, 0.3) is 0 Å². The van der Waals surface area contributed by atoms with Crippen molar-refractivity contribution < 1.29 is 9.53 Å². The molecule has 2 aromatic rings. The van der Waals surface area contributed by atoms with Gasteiger partial charge in [-0.05, 0) is 56.4 Å². The third-order valence-corrected chi connectivity index (χ3v) is 4.19. The maximum Gasteiger partial charge on any atom is 0.319 e. The van der Waals surface area contributed by atoms with E-state index in [0.29, 0.717) is 17.8 Å². The molecule has 0 heterocycles. The number of methoxy groups -OCH3 is 1.